The van der Waals surface area contributed by atoms with Crippen molar-refractivity contribution in [1.29, 1.82) is 0 Å². The molecule has 1 aliphatic rings. The summed E-state index contributed by atoms with van der Waals surface area (Å²) in [5.41, 5.74) is 2.00. The summed E-state index contributed by atoms with van der Waals surface area (Å²) in [7, 11) is 0. The molecule has 1 aromatic heterocycles. The first-order valence-electron chi connectivity index (χ1n) is 8.73. The fraction of sp³-hybridized carbons (Fsp3) is 0.0909. The van der Waals surface area contributed by atoms with Crippen LogP contribution in [0.4, 0.5) is 0 Å². The first kappa shape index (κ1) is 18.5. The van der Waals surface area contributed by atoms with Crippen molar-refractivity contribution < 1.29 is 13.9 Å². The minimum absolute atomic E-state index is 0.109. The zero-order chi connectivity index (χ0) is 19.3. The van der Waals surface area contributed by atoms with Gasteiger partial charge in [-0.05, 0) is 41.5 Å². The van der Waals surface area contributed by atoms with Crippen LogP contribution in [0.3, 0.4) is 0 Å². The fourth-order valence-corrected chi connectivity index (χ4v) is 4.04. The molecule has 0 N–H and O–H groups in total. The molecule has 1 amide bonds. The summed E-state index contributed by atoms with van der Waals surface area (Å²) in [5, 5.41) is 0. The van der Waals surface area contributed by atoms with E-state index in [1.54, 1.807) is 17.2 Å². The Morgan fingerprint density at radius 2 is 1.93 bits per heavy atom. The van der Waals surface area contributed by atoms with E-state index >= 15 is 0 Å². The topological polar surface area (TPSA) is 42.7 Å². The molecule has 4 rings (SSSR count). The molecule has 1 aliphatic heterocycles. The number of thiocarbonyl (C=S) groups is 1. The van der Waals surface area contributed by atoms with Crippen LogP contribution in [0.2, 0.25) is 0 Å². The second kappa shape index (κ2) is 8.46. The molecule has 28 heavy (non-hydrogen) atoms. The van der Waals surface area contributed by atoms with Crippen LogP contribution in [0, 0.1) is 0 Å². The zero-order valence-electron chi connectivity index (χ0n) is 14.9. The summed E-state index contributed by atoms with van der Waals surface area (Å²) in [5.74, 6) is 1.35. The lowest BCUT2D eigenvalue weighted by Crippen LogP contribution is -2.27. The van der Waals surface area contributed by atoms with Gasteiger partial charge in [0, 0.05) is 0 Å². The second-order valence-electron chi connectivity index (χ2n) is 6.19. The van der Waals surface area contributed by atoms with Gasteiger partial charge < -0.3 is 9.15 Å². The van der Waals surface area contributed by atoms with Crippen molar-refractivity contribution in [3.63, 3.8) is 0 Å². The van der Waals surface area contributed by atoms with Gasteiger partial charge in [-0.25, -0.2) is 0 Å². The van der Waals surface area contributed by atoms with Gasteiger partial charge in [-0.3, -0.25) is 9.69 Å². The lowest BCUT2D eigenvalue weighted by atomic mass is 10.2. The van der Waals surface area contributed by atoms with Gasteiger partial charge in [0.15, 0.2) is 0 Å². The van der Waals surface area contributed by atoms with Crippen molar-refractivity contribution in [3.05, 3.63) is 94.8 Å². The predicted molar refractivity (Wildman–Crippen MR) is 115 cm³/mol. The molecule has 0 saturated carbocycles. The number of furan rings is 1. The van der Waals surface area contributed by atoms with Crippen LogP contribution in [0.15, 0.2) is 82.3 Å². The van der Waals surface area contributed by atoms with E-state index in [4.69, 9.17) is 21.4 Å². The molecule has 140 valence electrons. The van der Waals surface area contributed by atoms with Gasteiger partial charge in [0.25, 0.3) is 5.91 Å². The lowest BCUT2D eigenvalue weighted by molar-refractivity contribution is -0.122. The number of carbonyl (C=O) groups excluding carboxylic acids is 1. The number of amides is 1. The average molecular weight is 408 g/mol. The van der Waals surface area contributed by atoms with Crippen LogP contribution < -0.4 is 4.74 Å². The highest BCUT2D eigenvalue weighted by molar-refractivity contribution is 8.26. The highest BCUT2D eigenvalue weighted by Crippen LogP contribution is 2.34. The van der Waals surface area contributed by atoms with Crippen molar-refractivity contribution in [2.45, 2.75) is 13.2 Å². The fourth-order valence-electron chi connectivity index (χ4n) is 2.78. The van der Waals surface area contributed by atoms with Crippen molar-refractivity contribution >= 4 is 40.3 Å². The van der Waals surface area contributed by atoms with Crippen LogP contribution in [-0.2, 0) is 17.9 Å². The second-order valence-corrected chi connectivity index (χ2v) is 7.87. The number of ether oxygens (including phenoxy) is 1. The molecule has 0 spiro atoms. The van der Waals surface area contributed by atoms with E-state index in [-0.39, 0.29) is 5.91 Å². The molecule has 4 nitrogen and oxygen atoms in total. The maximum Gasteiger partial charge on any atom is 0.266 e. The van der Waals surface area contributed by atoms with Gasteiger partial charge in [0.05, 0.1) is 17.7 Å². The van der Waals surface area contributed by atoms with Crippen molar-refractivity contribution in [2.75, 3.05) is 0 Å². The monoisotopic (exact) mass is 407 g/mol. The summed E-state index contributed by atoms with van der Waals surface area (Å²) in [6, 6.07) is 21.3. The molecule has 0 atom stereocenters. The molecule has 2 aromatic carbocycles. The molecule has 6 heteroatoms. The first-order valence-corrected chi connectivity index (χ1v) is 9.96. The summed E-state index contributed by atoms with van der Waals surface area (Å²) in [6.45, 7) is 0.838. The van der Waals surface area contributed by atoms with E-state index in [0.717, 1.165) is 16.9 Å². The lowest BCUT2D eigenvalue weighted by Gasteiger charge is -2.12. The minimum atomic E-state index is -0.109. The summed E-state index contributed by atoms with van der Waals surface area (Å²) >= 11 is 6.67. The Hall–Kier alpha value is -2.83. The van der Waals surface area contributed by atoms with Gasteiger partial charge in [0.2, 0.25) is 0 Å². The SMILES string of the molecule is O=C1/C(=C/c2cccc(OCc3ccccc3)c2)SC(=S)N1Cc1ccco1. The van der Waals surface area contributed by atoms with E-state index in [2.05, 4.69) is 0 Å². The van der Waals surface area contributed by atoms with E-state index in [1.165, 1.54) is 11.8 Å². The predicted octanol–water partition coefficient (Wildman–Crippen LogP) is 5.26. The van der Waals surface area contributed by atoms with E-state index < -0.39 is 0 Å². The third kappa shape index (κ3) is 4.35. The molecule has 0 unspecified atom stereocenters. The third-order valence-corrected chi connectivity index (χ3v) is 5.55. The molecule has 2 heterocycles. The van der Waals surface area contributed by atoms with Gasteiger partial charge in [-0.1, -0.05) is 66.4 Å². The zero-order valence-corrected chi connectivity index (χ0v) is 16.5. The van der Waals surface area contributed by atoms with Crippen LogP contribution >= 0.6 is 24.0 Å². The Morgan fingerprint density at radius 3 is 2.71 bits per heavy atom. The number of rotatable bonds is 6. The Bertz CT molecular complexity index is 1010. The maximum atomic E-state index is 12.7. The van der Waals surface area contributed by atoms with E-state index in [0.29, 0.717) is 28.1 Å². The van der Waals surface area contributed by atoms with Crippen molar-refractivity contribution in [2.24, 2.45) is 0 Å². The molecule has 1 fully saturated rings. The Morgan fingerprint density at radius 1 is 1.07 bits per heavy atom. The van der Waals surface area contributed by atoms with Gasteiger partial charge in [-0.15, -0.1) is 0 Å². The van der Waals surface area contributed by atoms with Crippen LogP contribution in [0.5, 0.6) is 5.75 Å². The quantitative estimate of drug-likeness (QED) is 0.412. The minimum Gasteiger partial charge on any atom is -0.489 e. The summed E-state index contributed by atoms with van der Waals surface area (Å²) < 4.78 is 11.7. The highest BCUT2D eigenvalue weighted by Gasteiger charge is 2.32. The summed E-state index contributed by atoms with van der Waals surface area (Å²) in [6.07, 6.45) is 3.43. The van der Waals surface area contributed by atoms with Crippen molar-refractivity contribution in [3.8, 4) is 5.75 Å². The van der Waals surface area contributed by atoms with Crippen LogP contribution in [0.25, 0.3) is 6.08 Å². The largest absolute Gasteiger partial charge is 0.489 e. The first-order chi connectivity index (χ1) is 13.7. The van der Waals surface area contributed by atoms with E-state index in [9.17, 15) is 4.79 Å². The van der Waals surface area contributed by atoms with E-state index in [1.807, 2.05) is 66.7 Å². The van der Waals surface area contributed by atoms with Gasteiger partial charge in [-0.2, -0.15) is 0 Å². The Kier molecular flexibility index (Phi) is 5.60. The van der Waals surface area contributed by atoms with Crippen LogP contribution in [-0.4, -0.2) is 15.1 Å². The number of benzene rings is 2. The molecule has 3 aromatic rings. The van der Waals surface area contributed by atoms with Crippen LogP contribution in [0.1, 0.15) is 16.9 Å². The Labute approximate surface area is 172 Å². The number of nitrogens with zero attached hydrogens (tertiary/aromatic N) is 1. The Balaban J connectivity index is 1.46. The van der Waals surface area contributed by atoms with Gasteiger partial charge >= 0.3 is 0 Å². The third-order valence-electron chi connectivity index (χ3n) is 4.17. The summed E-state index contributed by atoms with van der Waals surface area (Å²) in [4.78, 5) is 14.9. The van der Waals surface area contributed by atoms with Crippen molar-refractivity contribution in [1.82, 2.24) is 4.90 Å². The number of thioether (sulfide) groups is 1. The molecular formula is C22H17NO3S2. The maximum absolute atomic E-state index is 12.7. The standard InChI is InChI=1S/C22H17NO3S2/c24-21-20(28-22(27)23(21)14-19-10-5-11-25-19)13-17-8-4-9-18(12-17)26-15-16-6-2-1-3-7-16/h1-13H,14-15H2/b20-13-. The molecule has 0 bridgehead atoms. The molecule has 1 saturated heterocycles. The van der Waals surface area contributed by atoms with Gasteiger partial charge in [0.1, 0.15) is 22.4 Å². The molecule has 0 radical (unpaired) electrons. The number of hydrogen-bond donors (Lipinski definition) is 0. The highest BCUT2D eigenvalue weighted by atomic mass is 32.2. The molecule has 0 aliphatic carbocycles. The normalized spacial score (nSPS) is 15.4. The average Bonchev–Trinajstić information content (AvgIpc) is 3.32. The number of carbonyl (C=O) groups is 1. The molecular weight excluding hydrogens is 390 g/mol. The number of hydrogen-bond acceptors (Lipinski definition) is 5. The smallest absolute Gasteiger partial charge is 0.266 e.